The SMILES string of the molecule is CC(C)(C)N1C[C@H](F)C[C@@H]1CO. The maximum atomic E-state index is 13.0. The molecule has 0 bridgehead atoms. The summed E-state index contributed by atoms with van der Waals surface area (Å²) < 4.78 is 13.0. The van der Waals surface area contributed by atoms with E-state index in [1.54, 1.807) is 0 Å². The molecule has 72 valence electrons. The minimum atomic E-state index is -0.763. The Balaban J connectivity index is 2.64. The second-order valence-electron chi connectivity index (χ2n) is 4.49. The summed E-state index contributed by atoms with van der Waals surface area (Å²) in [5.74, 6) is 0. The number of halogens is 1. The lowest BCUT2D eigenvalue weighted by Gasteiger charge is -2.35. The van der Waals surface area contributed by atoms with Gasteiger partial charge in [-0.1, -0.05) is 0 Å². The highest BCUT2D eigenvalue weighted by molar-refractivity contribution is 4.91. The predicted molar refractivity (Wildman–Crippen MR) is 46.8 cm³/mol. The molecule has 0 amide bonds. The van der Waals surface area contributed by atoms with Crippen LogP contribution in [0.15, 0.2) is 0 Å². The van der Waals surface area contributed by atoms with Gasteiger partial charge in [-0.2, -0.15) is 0 Å². The summed E-state index contributed by atoms with van der Waals surface area (Å²) >= 11 is 0. The van der Waals surface area contributed by atoms with Gasteiger partial charge in [0.25, 0.3) is 0 Å². The van der Waals surface area contributed by atoms with Crippen molar-refractivity contribution in [1.29, 1.82) is 0 Å². The lowest BCUT2D eigenvalue weighted by atomic mass is 10.1. The second-order valence-corrected chi connectivity index (χ2v) is 4.49. The van der Waals surface area contributed by atoms with Crippen molar-refractivity contribution in [2.75, 3.05) is 13.2 Å². The summed E-state index contributed by atoms with van der Waals surface area (Å²) in [5.41, 5.74) is -0.0335. The van der Waals surface area contributed by atoms with Crippen LogP contribution in [0.4, 0.5) is 4.39 Å². The molecular weight excluding hydrogens is 157 g/mol. The first-order chi connectivity index (χ1) is 5.45. The third-order valence-electron chi connectivity index (χ3n) is 2.44. The summed E-state index contributed by atoms with van der Waals surface area (Å²) in [5, 5.41) is 9.01. The molecule has 1 N–H and O–H groups in total. The number of aliphatic hydroxyl groups excluding tert-OH is 1. The van der Waals surface area contributed by atoms with Crippen LogP contribution in [0.1, 0.15) is 27.2 Å². The number of alkyl halides is 1. The Hall–Kier alpha value is -0.150. The Bertz CT molecular complexity index is 155. The number of aliphatic hydroxyl groups is 1. The third-order valence-corrected chi connectivity index (χ3v) is 2.44. The Morgan fingerprint density at radius 3 is 2.42 bits per heavy atom. The average molecular weight is 175 g/mol. The lowest BCUT2D eigenvalue weighted by Crippen LogP contribution is -2.46. The highest BCUT2D eigenvalue weighted by Gasteiger charge is 2.37. The van der Waals surface area contributed by atoms with Crippen LogP contribution in [0.2, 0.25) is 0 Å². The van der Waals surface area contributed by atoms with E-state index in [9.17, 15) is 4.39 Å². The van der Waals surface area contributed by atoms with Gasteiger partial charge in [-0.25, -0.2) is 4.39 Å². The molecule has 0 spiro atoms. The number of rotatable bonds is 1. The molecule has 0 unspecified atom stereocenters. The number of likely N-dealkylation sites (tertiary alicyclic amines) is 1. The molecule has 1 aliphatic heterocycles. The zero-order valence-electron chi connectivity index (χ0n) is 8.05. The number of nitrogens with zero attached hydrogens (tertiary/aromatic N) is 1. The molecule has 12 heavy (non-hydrogen) atoms. The maximum Gasteiger partial charge on any atom is 0.114 e. The Labute approximate surface area is 73.4 Å². The van der Waals surface area contributed by atoms with Crippen molar-refractivity contribution in [3.8, 4) is 0 Å². The van der Waals surface area contributed by atoms with Gasteiger partial charge in [0.2, 0.25) is 0 Å². The molecule has 0 radical (unpaired) electrons. The fourth-order valence-corrected chi connectivity index (χ4v) is 1.85. The van der Waals surface area contributed by atoms with E-state index in [1.165, 1.54) is 0 Å². The van der Waals surface area contributed by atoms with Crippen molar-refractivity contribution in [3.63, 3.8) is 0 Å². The maximum absolute atomic E-state index is 13.0. The third kappa shape index (κ3) is 1.96. The van der Waals surface area contributed by atoms with Crippen LogP contribution in [-0.2, 0) is 0 Å². The van der Waals surface area contributed by atoms with Gasteiger partial charge in [-0.15, -0.1) is 0 Å². The van der Waals surface area contributed by atoms with Gasteiger partial charge in [0.15, 0.2) is 0 Å². The largest absolute Gasteiger partial charge is 0.395 e. The van der Waals surface area contributed by atoms with E-state index in [2.05, 4.69) is 0 Å². The topological polar surface area (TPSA) is 23.5 Å². The summed E-state index contributed by atoms with van der Waals surface area (Å²) in [7, 11) is 0. The molecule has 2 nitrogen and oxygen atoms in total. The van der Waals surface area contributed by atoms with Gasteiger partial charge >= 0.3 is 0 Å². The molecule has 0 aromatic heterocycles. The molecule has 0 saturated carbocycles. The first-order valence-corrected chi connectivity index (χ1v) is 4.47. The molecule has 1 saturated heterocycles. The first-order valence-electron chi connectivity index (χ1n) is 4.47. The van der Waals surface area contributed by atoms with Gasteiger partial charge in [-0.05, 0) is 27.2 Å². The van der Waals surface area contributed by atoms with Gasteiger partial charge in [0, 0.05) is 18.1 Å². The van der Waals surface area contributed by atoms with E-state index >= 15 is 0 Å². The van der Waals surface area contributed by atoms with Crippen LogP contribution in [0.3, 0.4) is 0 Å². The fourth-order valence-electron chi connectivity index (χ4n) is 1.85. The molecule has 1 rings (SSSR count). The average Bonchev–Trinajstić information content (AvgIpc) is 2.29. The minimum absolute atomic E-state index is 0.0139. The molecular formula is C9H18FNO. The summed E-state index contributed by atoms with van der Waals surface area (Å²) in [4.78, 5) is 2.04. The van der Waals surface area contributed by atoms with Crippen molar-refractivity contribution in [2.24, 2.45) is 0 Å². The van der Waals surface area contributed by atoms with Gasteiger partial charge < -0.3 is 5.11 Å². The van der Waals surface area contributed by atoms with Gasteiger partial charge in [-0.3, -0.25) is 4.90 Å². The smallest absolute Gasteiger partial charge is 0.114 e. The summed E-state index contributed by atoms with van der Waals surface area (Å²) in [6.45, 7) is 6.68. The quantitative estimate of drug-likeness (QED) is 0.647. The van der Waals surface area contributed by atoms with Crippen LogP contribution in [0, 0.1) is 0 Å². The zero-order valence-corrected chi connectivity index (χ0v) is 8.05. The molecule has 1 aliphatic rings. The molecule has 0 aromatic rings. The summed E-state index contributed by atoms with van der Waals surface area (Å²) in [6.07, 6.45) is -0.283. The normalized spacial score (nSPS) is 32.8. The minimum Gasteiger partial charge on any atom is -0.395 e. The van der Waals surface area contributed by atoms with E-state index in [0.717, 1.165) is 0 Å². The van der Waals surface area contributed by atoms with Crippen molar-refractivity contribution in [2.45, 2.75) is 44.9 Å². The van der Waals surface area contributed by atoms with Crippen molar-refractivity contribution >= 4 is 0 Å². The first kappa shape index (κ1) is 9.93. The monoisotopic (exact) mass is 175 g/mol. The Kier molecular flexibility index (Phi) is 2.74. The molecule has 0 aromatic carbocycles. The Morgan fingerprint density at radius 1 is 1.50 bits per heavy atom. The lowest BCUT2D eigenvalue weighted by molar-refractivity contribution is 0.0785. The molecule has 1 fully saturated rings. The zero-order chi connectivity index (χ0) is 9.35. The highest BCUT2D eigenvalue weighted by Crippen LogP contribution is 2.27. The van der Waals surface area contributed by atoms with Crippen LogP contribution in [-0.4, -0.2) is 40.9 Å². The van der Waals surface area contributed by atoms with Gasteiger partial charge in [0.1, 0.15) is 6.17 Å². The molecule has 2 atom stereocenters. The van der Waals surface area contributed by atoms with Crippen LogP contribution in [0.25, 0.3) is 0 Å². The standard InChI is InChI=1S/C9H18FNO/c1-9(2,3)11-5-7(10)4-8(11)6-12/h7-8,12H,4-6H2,1-3H3/t7-,8-/m1/s1. The van der Waals surface area contributed by atoms with Crippen molar-refractivity contribution < 1.29 is 9.50 Å². The van der Waals surface area contributed by atoms with E-state index in [1.807, 2.05) is 25.7 Å². The summed E-state index contributed by atoms with van der Waals surface area (Å²) in [6, 6.07) is 0.0139. The molecule has 1 heterocycles. The fraction of sp³-hybridized carbons (Fsp3) is 1.00. The van der Waals surface area contributed by atoms with Crippen molar-refractivity contribution in [3.05, 3.63) is 0 Å². The van der Waals surface area contributed by atoms with E-state index in [4.69, 9.17) is 5.11 Å². The van der Waals surface area contributed by atoms with Crippen LogP contribution >= 0.6 is 0 Å². The van der Waals surface area contributed by atoms with Crippen LogP contribution < -0.4 is 0 Å². The van der Waals surface area contributed by atoms with Crippen LogP contribution in [0.5, 0.6) is 0 Å². The number of hydrogen-bond donors (Lipinski definition) is 1. The number of hydrogen-bond acceptors (Lipinski definition) is 2. The van der Waals surface area contributed by atoms with E-state index < -0.39 is 6.17 Å². The molecule has 0 aliphatic carbocycles. The highest BCUT2D eigenvalue weighted by atomic mass is 19.1. The van der Waals surface area contributed by atoms with Crippen molar-refractivity contribution in [1.82, 2.24) is 4.90 Å². The second kappa shape index (κ2) is 3.30. The van der Waals surface area contributed by atoms with E-state index in [0.29, 0.717) is 13.0 Å². The van der Waals surface area contributed by atoms with Gasteiger partial charge in [0.05, 0.1) is 6.61 Å². The van der Waals surface area contributed by atoms with E-state index in [-0.39, 0.29) is 18.2 Å². The predicted octanol–water partition coefficient (Wildman–Crippen LogP) is 1.19. The Morgan fingerprint density at radius 2 is 2.08 bits per heavy atom. The molecule has 3 heteroatoms.